The highest BCUT2D eigenvalue weighted by Gasteiger charge is 2.30. The number of anilines is 1. The molecule has 4 heterocycles. The molecule has 4 rings (SSSR count). The van der Waals surface area contributed by atoms with Crippen LogP contribution in [0.5, 0.6) is 0 Å². The summed E-state index contributed by atoms with van der Waals surface area (Å²) in [6.07, 6.45) is 5.39. The Morgan fingerprint density at radius 1 is 1.21 bits per heavy atom. The minimum atomic E-state index is -0.514. The van der Waals surface area contributed by atoms with E-state index in [0.717, 1.165) is 5.76 Å². The van der Waals surface area contributed by atoms with Gasteiger partial charge < -0.3 is 19.2 Å². The molecular formula is C22H26FN7O3S. The summed E-state index contributed by atoms with van der Waals surface area (Å²) < 4.78 is 35.4. The van der Waals surface area contributed by atoms with E-state index in [0.29, 0.717) is 34.8 Å². The third-order valence-electron chi connectivity index (χ3n) is 5.39. The molecule has 1 aliphatic heterocycles. The fourth-order valence-electron chi connectivity index (χ4n) is 3.39. The van der Waals surface area contributed by atoms with Crippen LogP contribution >= 0.6 is 11.9 Å². The molecule has 0 amide bonds. The quantitative estimate of drug-likeness (QED) is 0.431. The van der Waals surface area contributed by atoms with Crippen molar-refractivity contribution in [2.45, 2.75) is 38.2 Å². The number of hydrogen-bond acceptors (Lipinski definition) is 10. The molecule has 3 aromatic rings. The molecule has 10 nitrogen and oxygen atoms in total. The van der Waals surface area contributed by atoms with Crippen molar-refractivity contribution in [1.29, 1.82) is 0 Å². The minimum Gasteiger partial charge on any atom is -0.495 e. The van der Waals surface area contributed by atoms with Crippen molar-refractivity contribution in [3.8, 4) is 11.6 Å². The van der Waals surface area contributed by atoms with Gasteiger partial charge in [-0.1, -0.05) is 13.8 Å². The summed E-state index contributed by atoms with van der Waals surface area (Å²) >= 11 is 1.43. The molecule has 1 aliphatic rings. The van der Waals surface area contributed by atoms with Crippen LogP contribution in [-0.4, -0.2) is 50.4 Å². The molecule has 0 spiro atoms. The van der Waals surface area contributed by atoms with Gasteiger partial charge in [-0.2, -0.15) is 0 Å². The fraction of sp³-hybridized carbons (Fsp3) is 0.364. The fourth-order valence-corrected chi connectivity index (χ4v) is 4.14. The number of dihydropyridines is 1. The van der Waals surface area contributed by atoms with E-state index in [1.54, 1.807) is 31.1 Å². The van der Waals surface area contributed by atoms with Crippen LogP contribution in [0.2, 0.25) is 0 Å². The molecule has 0 aliphatic carbocycles. The number of aromatic nitrogens is 5. The molecule has 2 N–H and O–H groups in total. The standard InChI is InChI=1S/C22H26FN7O3S/c1-12-6-7-17(33-12)20-27-28-22(30(20)18-16(31-4)8-9-24-21(18)32-5)29-34-14(3)13(2)19-25-10-15(23)11-26-19/h6-11,13-14,21,24H,1-5H3,(H,28,29). The summed E-state index contributed by atoms with van der Waals surface area (Å²) in [7, 11) is 3.19. The number of allylic oxidation sites excluding steroid dienone is 1. The molecule has 3 unspecified atom stereocenters. The maximum Gasteiger partial charge on any atom is 0.239 e. The van der Waals surface area contributed by atoms with Crippen molar-refractivity contribution in [3.05, 3.63) is 60.0 Å². The number of halogens is 1. The van der Waals surface area contributed by atoms with Gasteiger partial charge in [0.15, 0.2) is 17.8 Å². The summed E-state index contributed by atoms with van der Waals surface area (Å²) in [6.45, 7) is 5.87. The van der Waals surface area contributed by atoms with E-state index >= 15 is 0 Å². The second-order valence-electron chi connectivity index (χ2n) is 7.64. The van der Waals surface area contributed by atoms with E-state index in [1.807, 2.05) is 32.9 Å². The first-order valence-corrected chi connectivity index (χ1v) is 11.5. The summed E-state index contributed by atoms with van der Waals surface area (Å²) in [6, 6.07) is 3.70. The normalized spacial score (nSPS) is 17.4. The van der Waals surface area contributed by atoms with Gasteiger partial charge in [0.1, 0.15) is 23.0 Å². The minimum absolute atomic E-state index is 0.0170. The number of furan rings is 1. The van der Waals surface area contributed by atoms with E-state index in [4.69, 9.17) is 13.9 Å². The lowest BCUT2D eigenvalue weighted by atomic mass is 10.1. The monoisotopic (exact) mass is 487 g/mol. The number of aryl methyl sites for hydroxylation is 1. The van der Waals surface area contributed by atoms with Crippen molar-refractivity contribution in [2.75, 3.05) is 18.9 Å². The Morgan fingerprint density at radius 3 is 2.62 bits per heavy atom. The Kier molecular flexibility index (Phi) is 7.17. The Balaban J connectivity index is 1.68. The first-order chi connectivity index (χ1) is 16.4. The van der Waals surface area contributed by atoms with Gasteiger partial charge in [0.25, 0.3) is 0 Å². The zero-order valence-corrected chi connectivity index (χ0v) is 20.3. The van der Waals surface area contributed by atoms with Crippen molar-refractivity contribution >= 4 is 23.6 Å². The number of hydrogen-bond donors (Lipinski definition) is 2. The van der Waals surface area contributed by atoms with Crippen LogP contribution < -0.4 is 10.0 Å². The predicted octanol–water partition coefficient (Wildman–Crippen LogP) is 3.93. The highest BCUT2D eigenvalue weighted by molar-refractivity contribution is 8.01. The molecular weight excluding hydrogens is 461 g/mol. The summed E-state index contributed by atoms with van der Waals surface area (Å²) in [5.41, 5.74) is 0.659. The average molecular weight is 488 g/mol. The second-order valence-corrected chi connectivity index (χ2v) is 8.82. The number of nitrogens with zero attached hydrogens (tertiary/aromatic N) is 5. The third-order valence-corrected chi connectivity index (χ3v) is 6.47. The van der Waals surface area contributed by atoms with Crippen LogP contribution in [0, 0.1) is 12.7 Å². The Labute approximate surface area is 200 Å². The van der Waals surface area contributed by atoms with Crippen LogP contribution in [-0.2, 0) is 9.47 Å². The molecule has 12 heteroatoms. The molecule has 0 bridgehead atoms. The molecule has 0 saturated carbocycles. The van der Waals surface area contributed by atoms with Crippen molar-refractivity contribution in [1.82, 2.24) is 30.0 Å². The largest absolute Gasteiger partial charge is 0.495 e. The highest BCUT2D eigenvalue weighted by atomic mass is 32.2. The topological polar surface area (TPSA) is 112 Å². The second kappa shape index (κ2) is 10.3. The van der Waals surface area contributed by atoms with Crippen LogP contribution in [0.4, 0.5) is 10.3 Å². The smallest absolute Gasteiger partial charge is 0.239 e. The lowest BCUT2D eigenvalue weighted by Crippen LogP contribution is -2.34. The van der Waals surface area contributed by atoms with Crippen LogP contribution in [0.1, 0.15) is 31.4 Å². The van der Waals surface area contributed by atoms with Crippen molar-refractivity contribution in [3.63, 3.8) is 0 Å². The number of methoxy groups -OCH3 is 2. The molecule has 34 heavy (non-hydrogen) atoms. The number of rotatable bonds is 9. The maximum atomic E-state index is 13.2. The first kappa shape index (κ1) is 23.8. The van der Waals surface area contributed by atoms with E-state index in [2.05, 4.69) is 30.2 Å². The Hall–Kier alpha value is -3.38. The van der Waals surface area contributed by atoms with Crippen LogP contribution in [0.3, 0.4) is 0 Å². The lowest BCUT2D eigenvalue weighted by molar-refractivity contribution is 0.122. The van der Waals surface area contributed by atoms with Gasteiger partial charge in [0.2, 0.25) is 11.8 Å². The van der Waals surface area contributed by atoms with Crippen molar-refractivity contribution in [2.24, 2.45) is 0 Å². The van der Waals surface area contributed by atoms with Gasteiger partial charge in [0.05, 0.1) is 19.5 Å². The molecule has 3 aromatic heterocycles. The Bertz CT molecular complexity index is 1190. The third kappa shape index (κ3) is 4.77. The zero-order chi connectivity index (χ0) is 24.2. The number of nitrogens with one attached hydrogen (secondary N) is 2. The summed E-state index contributed by atoms with van der Waals surface area (Å²) in [5.74, 6) is 2.87. The van der Waals surface area contributed by atoms with Gasteiger partial charge in [-0.05, 0) is 37.1 Å². The van der Waals surface area contributed by atoms with Crippen LogP contribution in [0.15, 0.2) is 47.0 Å². The molecule has 3 atom stereocenters. The molecule has 0 saturated heterocycles. The van der Waals surface area contributed by atoms with Gasteiger partial charge in [-0.3, -0.25) is 9.29 Å². The average Bonchev–Trinajstić information content (AvgIpc) is 3.47. The van der Waals surface area contributed by atoms with E-state index in [1.165, 1.54) is 24.3 Å². The maximum absolute atomic E-state index is 13.2. The highest BCUT2D eigenvalue weighted by Crippen LogP contribution is 2.34. The predicted molar refractivity (Wildman–Crippen MR) is 127 cm³/mol. The molecule has 180 valence electrons. The zero-order valence-electron chi connectivity index (χ0n) is 19.4. The van der Waals surface area contributed by atoms with Gasteiger partial charge in [0, 0.05) is 24.5 Å². The Morgan fingerprint density at radius 2 is 1.97 bits per heavy atom. The van der Waals surface area contributed by atoms with Gasteiger partial charge in [-0.15, -0.1) is 10.2 Å². The SMILES string of the molecule is COC1=C(n2c(NSC(C)C(C)c3ncc(F)cn3)nnc2-c2ccc(C)o2)C(OC)NC=C1. The van der Waals surface area contributed by atoms with Crippen molar-refractivity contribution < 1.29 is 18.3 Å². The van der Waals surface area contributed by atoms with Gasteiger partial charge in [-0.25, -0.2) is 14.4 Å². The number of ether oxygens (including phenoxy) is 2. The molecule has 0 fully saturated rings. The summed E-state index contributed by atoms with van der Waals surface area (Å²) in [5, 5.41) is 11.9. The van der Waals surface area contributed by atoms with Gasteiger partial charge >= 0.3 is 0 Å². The van der Waals surface area contributed by atoms with E-state index < -0.39 is 12.0 Å². The first-order valence-electron chi connectivity index (χ1n) is 10.6. The lowest BCUT2D eigenvalue weighted by Gasteiger charge is -2.27. The van der Waals surface area contributed by atoms with E-state index in [-0.39, 0.29) is 11.2 Å². The summed E-state index contributed by atoms with van der Waals surface area (Å²) in [4.78, 5) is 8.21. The molecule has 0 radical (unpaired) electrons. The van der Waals surface area contributed by atoms with E-state index in [9.17, 15) is 4.39 Å². The van der Waals surface area contributed by atoms with Crippen LogP contribution in [0.25, 0.3) is 17.3 Å². The molecule has 0 aromatic carbocycles.